The van der Waals surface area contributed by atoms with E-state index in [-0.39, 0.29) is 5.82 Å². The van der Waals surface area contributed by atoms with Gasteiger partial charge in [0.1, 0.15) is 5.82 Å². The number of nitrogens with one attached hydrogen (secondary N) is 3. The molecule has 0 spiro atoms. The third-order valence-electron chi connectivity index (χ3n) is 1.64. The zero-order valence-electron chi connectivity index (χ0n) is 6.26. The normalized spacial score (nSPS) is 14.9. The molecule has 0 atom stereocenters. The lowest BCUT2D eigenvalue weighted by Gasteiger charge is -2.01. The molecule has 0 unspecified atom stereocenters. The van der Waals surface area contributed by atoms with Crippen LogP contribution in [0.1, 0.15) is 5.56 Å². The first-order valence-electron chi connectivity index (χ1n) is 3.59. The SMILES string of the molecule is Fc1ccc(C2=CNNN2)cc1. The number of halogens is 1. The van der Waals surface area contributed by atoms with Gasteiger partial charge in [0, 0.05) is 11.8 Å². The first-order chi connectivity index (χ1) is 5.86. The molecule has 1 aromatic carbocycles. The Kier molecular flexibility index (Phi) is 1.68. The van der Waals surface area contributed by atoms with Gasteiger partial charge in [0.15, 0.2) is 0 Å². The van der Waals surface area contributed by atoms with Crippen LogP contribution in [0.25, 0.3) is 5.70 Å². The van der Waals surface area contributed by atoms with Crippen molar-refractivity contribution in [3.05, 3.63) is 41.8 Å². The van der Waals surface area contributed by atoms with Crippen molar-refractivity contribution in [1.82, 2.24) is 16.4 Å². The molecule has 62 valence electrons. The molecule has 1 aliphatic rings. The second-order valence-corrected chi connectivity index (χ2v) is 2.46. The van der Waals surface area contributed by atoms with Gasteiger partial charge in [-0.3, -0.25) is 0 Å². The summed E-state index contributed by atoms with van der Waals surface area (Å²) >= 11 is 0. The van der Waals surface area contributed by atoms with Crippen LogP contribution in [0.15, 0.2) is 30.5 Å². The Balaban J connectivity index is 2.28. The van der Waals surface area contributed by atoms with Gasteiger partial charge in [0.2, 0.25) is 0 Å². The highest BCUT2D eigenvalue weighted by atomic mass is 19.1. The van der Waals surface area contributed by atoms with Gasteiger partial charge >= 0.3 is 0 Å². The van der Waals surface area contributed by atoms with Crippen molar-refractivity contribution in [2.45, 2.75) is 0 Å². The average Bonchev–Trinajstić information content (AvgIpc) is 2.58. The number of hydrogen-bond acceptors (Lipinski definition) is 3. The minimum absolute atomic E-state index is 0.224. The summed E-state index contributed by atoms with van der Waals surface area (Å²) < 4.78 is 12.5. The zero-order valence-corrected chi connectivity index (χ0v) is 6.26. The summed E-state index contributed by atoms with van der Waals surface area (Å²) in [6.45, 7) is 0. The smallest absolute Gasteiger partial charge is 0.123 e. The van der Waals surface area contributed by atoms with Crippen LogP contribution in [0.5, 0.6) is 0 Å². The van der Waals surface area contributed by atoms with E-state index >= 15 is 0 Å². The summed E-state index contributed by atoms with van der Waals surface area (Å²) in [7, 11) is 0. The second kappa shape index (κ2) is 2.83. The third-order valence-corrected chi connectivity index (χ3v) is 1.64. The molecule has 0 aromatic heterocycles. The van der Waals surface area contributed by atoms with Crippen LogP contribution < -0.4 is 16.4 Å². The molecule has 0 fully saturated rings. The van der Waals surface area contributed by atoms with Crippen molar-refractivity contribution in [1.29, 1.82) is 0 Å². The van der Waals surface area contributed by atoms with Crippen LogP contribution in [-0.4, -0.2) is 0 Å². The molecule has 3 N–H and O–H groups in total. The Bertz CT molecular complexity index is 305. The molecule has 0 saturated carbocycles. The van der Waals surface area contributed by atoms with E-state index in [1.165, 1.54) is 12.1 Å². The lowest BCUT2D eigenvalue weighted by Crippen LogP contribution is -2.31. The van der Waals surface area contributed by atoms with E-state index in [2.05, 4.69) is 16.4 Å². The Hall–Kier alpha value is -1.55. The zero-order chi connectivity index (χ0) is 8.39. The maximum Gasteiger partial charge on any atom is 0.123 e. The van der Waals surface area contributed by atoms with E-state index in [0.29, 0.717) is 0 Å². The second-order valence-electron chi connectivity index (χ2n) is 2.46. The number of benzene rings is 1. The summed E-state index contributed by atoms with van der Waals surface area (Å²) in [4.78, 5) is 0. The van der Waals surface area contributed by atoms with Gasteiger partial charge in [-0.25, -0.2) is 4.39 Å². The fourth-order valence-corrected chi connectivity index (χ4v) is 1.03. The first-order valence-corrected chi connectivity index (χ1v) is 3.59. The van der Waals surface area contributed by atoms with Gasteiger partial charge in [0.05, 0.1) is 5.70 Å². The van der Waals surface area contributed by atoms with Gasteiger partial charge in [-0.1, -0.05) is 0 Å². The van der Waals surface area contributed by atoms with E-state index in [1.54, 1.807) is 18.3 Å². The van der Waals surface area contributed by atoms with Crippen LogP contribution in [0.4, 0.5) is 4.39 Å². The molecular weight excluding hydrogens is 157 g/mol. The maximum atomic E-state index is 12.5. The average molecular weight is 165 g/mol. The van der Waals surface area contributed by atoms with Crippen molar-refractivity contribution >= 4 is 5.70 Å². The van der Waals surface area contributed by atoms with Gasteiger partial charge in [-0.2, -0.15) is 5.53 Å². The Morgan fingerprint density at radius 1 is 1.08 bits per heavy atom. The molecule has 1 aromatic rings. The topological polar surface area (TPSA) is 36.1 Å². The molecule has 0 saturated heterocycles. The highest BCUT2D eigenvalue weighted by molar-refractivity contribution is 5.64. The van der Waals surface area contributed by atoms with E-state index < -0.39 is 0 Å². The predicted octanol–water partition coefficient (Wildman–Crippen LogP) is 0.737. The van der Waals surface area contributed by atoms with Crippen molar-refractivity contribution in [2.24, 2.45) is 0 Å². The number of hydrogen-bond donors (Lipinski definition) is 3. The Labute approximate surface area is 69.2 Å². The minimum atomic E-state index is -0.224. The summed E-state index contributed by atoms with van der Waals surface area (Å²) in [5.74, 6) is -0.224. The molecule has 0 bridgehead atoms. The Morgan fingerprint density at radius 3 is 2.42 bits per heavy atom. The van der Waals surface area contributed by atoms with Crippen molar-refractivity contribution in [2.75, 3.05) is 0 Å². The molecule has 2 rings (SSSR count). The van der Waals surface area contributed by atoms with Crippen LogP contribution in [0.3, 0.4) is 0 Å². The fraction of sp³-hybridized carbons (Fsp3) is 0. The van der Waals surface area contributed by atoms with E-state index in [0.717, 1.165) is 11.3 Å². The fourth-order valence-electron chi connectivity index (χ4n) is 1.03. The molecule has 3 nitrogen and oxygen atoms in total. The van der Waals surface area contributed by atoms with Gasteiger partial charge in [-0.15, -0.1) is 0 Å². The van der Waals surface area contributed by atoms with Gasteiger partial charge < -0.3 is 10.9 Å². The molecule has 1 heterocycles. The molecule has 0 amide bonds. The third kappa shape index (κ3) is 1.24. The number of rotatable bonds is 1. The van der Waals surface area contributed by atoms with Gasteiger partial charge in [-0.05, 0) is 24.3 Å². The molecule has 12 heavy (non-hydrogen) atoms. The first kappa shape index (κ1) is 7.12. The molecular formula is C8H8FN3. The van der Waals surface area contributed by atoms with Crippen LogP contribution in [-0.2, 0) is 0 Å². The van der Waals surface area contributed by atoms with Gasteiger partial charge in [0.25, 0.3) is 0 Å². The van der Waals surface area contributed by atoms with Crippen LogP contribution in [0, 0.1) is 5.82 Å². The highest BCUT2D eigenvalue weighted by Crippen LogP contribution is 2.11. The van der Waals surface area contributed by atoms with E-state index in [4.69, 9.17) is 0 Å². The monoisotopic (exact) mass is 165 g/mol. The lowest BCUT2D eigenvalue weighted by atomic mass is 10.2. The van der Waals surface area contributed by atoms with Crippen LogP contribution >= 0.6 is 0 Å². The van der Waals surface area contributed by atoms with E-state index in [1.807, 2.05) is 0 Å². The largest absolute Gasteiger partial charge is 0.309 e. The standard InChI is InChI=1S/C8H8FN3/c9-7-3-1-6(2-4-7)8-5-10-12-11-8/h1-5,10-12H. The van der Waals surface area contributed by atoms with Crippen molar-refractivity contribution < 1.29 is 4.39 Å². The predicted molar refractivity (Wildman–Crippen MR) is 43.8 cm³/mol. The van der Waals surface area contributed by atoms with Crippen molar-refractivity contribution in [3.63, 3.8) is 0 Å². The molecule has 4 heteroatoms. The molecule has 0 aliphatic carbocycles. The van der Waals surface area contributed by atoms with E-state index in [9.17, 15) is 4.39 Å². The van der Waals surface area contributed by atoms with Crippen LogP contribution in [0.2, 0.25) is 0 Å². The maximum absolute atomic E-state index is 12.5. The quantitative estimate of drug-likeness (QED) is 0.574. The molecule has 1 aliphatic heterocycles. The summed E-state index contributed by atoms with van der Waals surface area (Å²) in [5.41, 5.74) is 10.2. The molecule has 0 radical (unpaired) electrons. The summed E-state index contributed by atoms with van der Waals surface area (Å²) in [6.07, 6.45) is 1.77. The summed E-state index contributed by atoms with van der Waals surface area (Å²) in [5, 5.41) is 0. The minimum Gasteiger partial charge on any atom is -0.309 e. The Morgan fingerprint density at radius 2 is 1.83 bits per heavy atom. The highest BCUT2D eigenvalue weighted by Gasteiger charge is 2.04. The van der Waals surface area contributed by atoms with Crippen molar-refractivity contribution in [3.8, 4) is 0 Å². The number of hydrazine groups is 2. The lowest BCUT2D eigenvalue weighted by molar-refractivity contribution is 0.619. The summed E-state index contributed by atoms with van der Waals surface area (Å²) in [6, 6.07) is 6.28.